The number of benzene rings is 1. The van der Waals surface area contributed by atoms with Crippen molar-refractivity contribution >= 4 is 5.91 Å². The molecule has 1 unspecified atom stereocenters. The Balaban J connectivity index is 1.51. The van der Waals surface area contributed by atoms with Crippen molar-refractivity contribution in [1.29, 1.82) is 0 Å². The molecule has 6 nitrogen and oxygen atoms in total. The van der Waals surface area contributed by atoms with Gasteiger partial charge in [-0.3, -0.25) is 9.89 Å². The molecule has 0 bridgehead atoms. The Morgan fingerprint density at radius 3 is 2.77 bits per heavy atom. The van der Waals surface area contributed by atoms with Gasteiger partial charge in [0.05, 0.1) is 0 Å². The van der Waals surface area contributed by atoms with E-state index in [0.29, 0.717) is 24.5 Å². The second-order valence-corrected chi connectivity index (χ2v) is 6.96. The van der Waals surface area contributed by atoms with Crippen LogP contribution in [0.25, 0.3) is 11.5 Å². The molecular weight excluding hydrogens is 333 g/mol. The summed E-state index contributed by atoms with van der Waals surface area (Å²) in [5.74, 6) is 0.269. The molecule has 5 rings (SSSR count). The SMILES string of the molecule is O=C1NCC(c2ccc(F)cc2)Cc2[nH]c(-c3n[nH]c4c3CCC4)nc21. The molecule has 2 aliphatic rings. The molecule has 7 heteroatoms. The number of hydrogen-bond donors (Lipinski definition) is 3. The minimum atomic E-state index is -0.261. The largest absolute Gasteiger partial charge is 0.350 e. The first-order chi connectivity index (χ1) is 12.7. The number of aromatic amines is 2. The van der Waals surface area contributed by atoms with Gasteiger partial charge in [0.2, 0.25) is 0 Å². The van der Waals surface area contributed by atoms with Crippen molar-refractivity contribution in [2.24, 2.45) is 0 Å². The number of H-pyrrole nitrogens is 2. The lowest BCUT2D eigenvalue weighted by molar-refractivity contribution is 0.0950. The van der Waals surface area contributed by atoms with Gasteiger partial charge in [0, 0.05) is 29.4 Å². The van der Waals surface area contributed by atoms with Crippen molar-refractivity contribution in [3.05, 3.63) is 58.3 Å². The number of nitrogens with zero attached hydrogens (tertiary/aromatic N) is 2. The van der Waals surface area contributed by atoms with Crippen LogP contribution in [-0.4, -0.2) is 32.6 Å². The van der Waals surface area contributed by atoms with Gasteiger partial charge in [-0.1, -0.05) is 12.1 Å². The number of hydrogen-bond acceptors (Lipinski definition) is 3. The fraction of sp³-hybridized carbons (Fsp3) is 0.316. The molecule has 3 aromatic rings. The molecule has 1 aliphatic heterocycles. The number of amides is 1. The zero-order valence-corrected chi connectivity index (χ0v) is 14.1. The molecule has 1 atom stereocenters. The number of halogens is 1. The van der Waals surface area contributed by atoms with Crippen LogP contribution in [0, 0.1) is 5.82 Å². The smallest absolute Gasteiger partial charge is 0.271 e. The van der Waals surface area contributed by atoms with Crippen molar-refractivity contribution < 1.29 is 9.18 Å². The van der Waals surface area contributed by atoms with Crippen molar-refractivity contribution in [2.45, 2.75) is 31.6 Å². The molecular formula is C19H18FN5O. The maximum atomic E-state index is 13.2. The van der Waals surface area contributed by atoms with E-state index in [9.17, 15) is 9.18 Å². The Kier molecular flexibility index (Phi) is 3.41. The van der Waals surface area contributed by atoms with Gasteiger partial charge in [-0.15, -0.1) is 0 Å². The first-order valence-electron chi connectivity index (χ1n) is 8.88. The molecule has 26 heavy (non-hydrogen) atoms. The molecule has 0 saturated heterocycles. The summed E-state index contributed by atoms with van der Waals surface area (Å²) < 4.78 is 13.2. The third-order valence-corrected chi connectivity index (χ3v) is 5.33. The fourth-order valence-corrected chi connectivity index (χ4v) is 3.96. The Hall–Kier alpha value is -2.96. The summed E-state index contributed by atoms with van der Waals surface area (Å²) in [6.45, 7) is 0.502. The molecule has 3 heterocycles. The molecule has 0 fully saturated rings. The van der Waals surface area contributed by atoms with Crippen molar-refractivity contribution in [3.63, 3.8) is 0 Å². The summed E-state index contributed by atoms with van der Waals surface area (Å²) in [6, 6.07) is 6.45. The van der Waals surface area contributed by atoms with E-state index in [2.05, 4.69) is 25.5 Å². The molecule has 1 aromatic carbocycles. The predicted molar refractivity (Wildman–Crippen MR) is 93.4 cm³/mol. The lowest BCUT2D eigenvalue weighted by atomic mass is 9.94. The van der Waals surface area contributed by atoms with Gasteiger partial charge < -0.3 is 10.3 Å². The number of aromatic nitrogens is 4. The third-order valence-electron chi connectivity index (χ3n) is 5.33. The number of carbonyl (C=O) groups is 1. The predicted octanol–water partition coefficient (Wildman–Crippen LogP) is 2.50. The maximum absolute atomic E-state index is 13.2. The number of carbonyl (C=O) groups excluding carboxylic acids is 1. The van der Waals surface area contributed by atoms with E-state index in [0.717, 1.165) is 36.2 Å². The average molecular weight is 351 g/mol. The number of aryl methyl sites for hydroxylation is 1. The maximum Gasteiger partial charge on any atom is 0.271 e. The van der Waals surface area contributed by atoms with Gasteiger partial charge in [0.15, 0.2) is 5.82 Å². The molecule has 132 valence electrons. The number of nitrogens with one attached hydrogen (secondary N) is 3. The van der Waals surface area contributed by atoms with E-state index in [-0.39, 0.29) is 17.6 Å². The van der Waals surface area contributed by atoms with Gasteiger partial charge in [-0.05, 0) is 43.4 Å². The van der Waals surface area contributed by atoms with E-state index in [1.165, 1.54) is 23.4 Å². The summed E-state index contributed by atoms with van der Waals surface area (Å²) in [7, 11) is 0. The second-order valence-electron chi connectivity index (χ2n) is 6.96. The molecule has 2 aromatic heterocycles. The monoisotopic (exact) mass is 351 g/mol. The van der Waals surface area contributed by atoms with Gasteiger partial charge in [-0.2, -0.15) is 5.10 Å². The molecule has 0 saturated carbocycles. The number of imidazole rings is 1. The zero-order valence-electron chi connectivity index (χ0n) is 14.1. The minimum absolute atomic E-state index is 0.0685. The minimum Gasteiger partial charge on any atom is -0.350 e. The quantitative estimate of drug-likeness (QED) is 0.663. The summed E-state index contributed by atoms with van der Waals surface area (Å²) >= 11 is 0. The second kappa shape index (κ2) is 5.79. The van der Waals surface area contributed by atoms with E-state index < -0.39 is 0 Å². The summed E-state index contributed by atoms with van der Waals surface area (Å²) in [5, 5.41) is 10.4. The highest BCUT2D eigenvalue weighted by molar-refractivity contribution is 5.94. The van der Waals surface area contributed by atoms with Gasteiger partial charge in [0.25, 0.3) is 5.91 Å². The number of rotatable bonds is 2. The van der Waals surface area contributed by atoms with Crippen LogP contribution < -0.4 is 5.32 Å². The van der Waals surface area contributed by atoms with Crippen LogP contribution in [0.15, 0.2) is 24.3 Å². The Bertz CT molecular complexity index is 988. The van der Waals surface area contributed by atoms with Crippen molar-refractivity contribution in [1.82, 2.24) is 25.5 Å². The van der Waals surface area contributed by atoms with E-state index in [1.807, 2.05) is 0 Å². The summed E-state index contributed by atoms with van der Waals surface area (Å²) in [5.41, 5.74) is 5.41. The first-order valence-corrected chi connectivity index (χ1v) is 8.88. The zero-order chi connectivity index (χ0) is 17.7. The van der Waals surface area contributed by atoms with Gasteiger partial charge >= 0.3 is 0 Å². The highest BCUT2D eigenvalue weighted by Gasteiger charge is 2.28. The molecule has 3 N–H and O–H groups in total. The molecule has 1 amide bonds. The third kappa shape index (κ3) is 2.42. The van der Waals surface area contributed by atoms with Crippen molar-refractivity contribution in [3.8, 4) is 11.5 Å². The molecule has 1 aliphatic carbocycles. The molecule has 0 radical (unpaired) electrons. The van der Waals surface area contributed by atoms with Crippen molar-refractivity contribution in [2.75, 3.05) is 6.54 Å². The Labute approximate surface area is 149 Å². The highest BCUT2D eigenvalue weighted by Crippen LogP contribution is 2.31. The van der Waals surface area contributed by atoms with Crippen LogP contribution in [-0.2, 0) is 19.3 Å². The fourth-order valence-electron chi connectivity index (χ4n) is 3.96. The highest BCUT2D eigenvalue weighted by atomic mass is 19.1. The Morgan fingerprint density at radius 2 is 1.92 bits per heavy atom. The van der Waals surface area contributed by atoms with Crippen LogP contribution in [0.4, 0.5) is 4.39 Å². The normalized spacial score (nSPS) is 19.0. The summed E-state index contributed by atoms with van der Waals surface area (Å²) in [6.07, 6.45) is 3.75. The van der Waals surface area contributed by atoms with Crippen LogP contribution >= 0.6 is 0 Å². The van der Waals surface area contributed by atoms with Crippen LogP contribution in [0.3, 0.4) is 0 Å². The summed E-state index contributed by atoms with van der Waals surface area (Å²) in [4.78, 5) is 20.3. The topological polar surface area (TPSA) is 86.5 Å². The standard InChI is InChI=1S/C19H18FN5O/c20-12-6-4-10(5-7-12)11-8-15-17(19(26)21-9-11)23-18(22-15)16-13-2-1-3-14(13)24-25-16/h4-7,11H,1-3,8-9H2,(H,21,26)(H,22,23)(H,24,25). The van der Waals surface area contributed by atoms with Crippen LogP contribution in [0.5, 0.6) is 0 Å². The lowest BCUT2D eigenvalue weighted by Gasteiger charge is -2.14. The van der Waals surface area contributed by atoms with Crippen LogP contribution in [0.2, 0.25) is 0 Å². The van der Waals surface area contributed by atoms with E-state index >= 15 is 0 Å². The molecule has 0 spiro atoms. The van der Waals surface area contributed by atoms with Gasteiger partial charge in [-0.25, -0.2) is 9.37 Å². The first kappa shape index (κ1) is 15.3. The van der Waals surface area contributed by atoms with E-state index in [4.69, 9.17) is 0 Å². The lowest BCUT2D eigenvalue weighted by Crippen LogP contribution is -2.26. The Morgan fingerprint density at radius 1 is 1.08 bits per heavy atom. The van der Waals surface area contributed by atoms with E-state index in [1.54, 1.807) is 12.1 Å². The van der Waals surface area contributed by atoms with Crippen LogP contribution in [0.1, 0.15) is 45.3 Å². The average Bonchev–Trinajstić information content (AvgIpc) is 3.32. The van der Waals surface area contributed by atoms with Gasteiger partial charge in [0.1, 0.15) is 17.2 Å². The number of fused-ring (bicyclic) bond motifs is 2.